The van der Waals surface area contributed by atoms with E-state index in [4.69, 9.17) is 0 Å². The molecule has 0 saturated carbocycles. The van der Waals surface area contributed by atoms with Crippen molar-refractivity contribution in [3.63, 3.8) is 0 Å². The van der Waals surface area contributed by atoms with Crippen molar-refractivity contribution in [1.29, 1.82) is 0 Å². The minimum atomic E-state index is -10.7. The second kappa shape index (κ2) is 11.3. The van der Waals surface area contributed by atoms with Crippen LogP contribution >= 0.6 is 7.81 Å². The third-order valence-corrected chi connectivity index (χ3v) is 4.00. The summed E-state index contributed by atoms with van der Waals surface area (Å²) < 4.78 is 60.4. The molecule has 0 bridgehead atoms. The Labute approximate surface area is 155 Å². The quantitative estimate of drug-likeness (QED) is 0.0881. The second-order valence-corrected chi connectivity index (χ2v) is 8.73. The maximum absolute atomic E-state index is 10.7. The molecule has 0 N–H and O–H groups in total. The zero-order chi connectivity index (χ0) is 20.8. The molecule has 0 radical (unpaired) electrons. The standard InChI is InChI=1S/C18H36N.F6P/c1-5-9-11-12-13-14-18-19(15-7-3,16-8-4)17-10-6-2;1-7(2,3,4,5)6/h7-8H,3-6,9-18H2,1-2H3;/q+1;-1. The third-order valence-electron chi connectivity index (χ3n) is 4.00. The van der Waals surface area contributed by atoms with Crippen molar-refractivity contribution in [3.8, 4) is 0 Å². The Balaban J connectivity index is 0. The summed E-state index contributed by atoms with van der Waals surface area (Å²) in [5.41, 5.74) is 0. The number of rotatable bonds is 14. The summed E-state index contributed by atoms with van der Waals surface area (Å²) >= 11 is 0. The Morgan fingerprint density at radius 1 is 0.654 bits per heavy atom. The number of hydrogen-bond acceptors (Lipinski definition) is 0. The molecule has 0 aromatic rings. The fourth-order valence-corrected chi connectivity index (χ4v) is 2.82. The van der Waals surface area contributed by atoms with Gasteiger partial charge in [0.15, 0.2) is 0 Å². The van der Waals surface area contributed by atoms with E-state index in [0.717, 1.165) is 13.1 Å². The van der Waals surface area contributed by atoms with Crippen LogP contribution in [0.25, 0.3) is 0 Å². The van der Waals surface area contributed by atoms with Gasteiger partial charge in [-0.15, -0.1) is 0 Å². The summed E-state index contributed by atoms with van der Waals surface area (Å²) in [6, 6.07) is 0. The van der Waals surface area contributed by atoms with Crippen molar-refractivity contribution in [3.05, 3.63) is 25.3 Å². The van der Waals surface area contributed by atoms with E-state index in [1.54, 1.807) is 0 Å². The first-order valence-corrected chi connectivity index (χ1v) is 11.4. The van der Waals surface area contributed by atoms with Crippen molar-refractivity contribution >= 4 is 7.81 Å². The molecule has 0 fully saturated rings. The zero-order valence-corrected chi connectivity index (χ0v) is 17.1. The Morgan fingerprint density at radius 3 is 1.38 bits per heavy atom. The summed E-state index contributed by atoms with van der Waals surface area (Å²) in [4.78, 5) is 0. The molecule has 1 nitrogen and oxygen atoms in total. The first kappa shape index (κ1) is 27.7. The van der Waals surface area contributed by atoms with Gasteiger partial charge in [-0.05, 0) is 31.4 Å². The number of halogens is 6. The van der Waals surface area contributed by atoms with Gasteiger partial charge in [-0.3, -0.25) is 0 Å². The summed E-state index contributed by atoms with van der Waals surface area (Å²) in [6.07, 6.45) is 15.1. The number of unbranched alkanes of at least 4 members (excludes halogenated alkanes) is 6. The van der Waals surface area contributed by atoms with Crippen LogP contribution in [0, 0.1) is 0 Å². The predicted molar refractivity (Wildman–Crippen MR) is 102 cm³/mol. The average Bonchev–Trinajstić information content (AvgIpc) is 2.46. The first-order chi connectivity index (χ1) is 11.7. The van der Waals surface area contributed by atoms with E-state index in [1.807, 2.05) is 0 Å². The first-order valence-electron chi connectivity index (χ1n) is 9.33. The van der Waals surface area contributed by atoms with Gasteiger partial charge >= 0.3 is 33.0 Å². The predicted octanol–water partition coefficient (Wildman–Crippen LogP) is 8.72. The topological polar surface area (TPSA) is 0 Å². The average molecular weight is 411 g/mol. The minimum absolute atomic E-state index is 1.10. The van der Waals surface area contributed by atoms with E-state index in [9.17, 15) is 25.2 Å². The number of hydrogen-bond donors (Lipinski definition) is 0. The molecule has 0 heterocycles. The summed E-state index contributed by atoms with van der Waals surface area (Å²) in [7, 11) is -10.7. The SMILES string of the molecule is C=CC[N+](CC=C)(CCCC)CCCCCCCC.F[P-](F)(F)(F)(F)F. The van der Waals surface area contributed by atoms with Crippen molar-refractivity contribution in [1.82, 2.24) is 0 Å². The second-order valence-electron chi connectivity index (χ2n) is 6.81. The van der Waals surface area contributed by atoms with E-state index in [-0.39, 0.29) is 0 Å². The van der Waals surface area contributed by atoms with Crippen LogP contribution in [-0.4, -0.2) is 30.7 Å². The molecule has 0 unspecified atom stereocenters. The Kier molecular flexibility index (Phi) is 12.1. The normalized spacial score (nSPS) is 14.6. The molecule has 0 atom stereocenters. The molecule has 0 aliphatic carbocycles. The molecule has 0 aromatic heterocycles. The van der Waals surface area contributed by atoms with Gasteiger partial charge in [-0.1, -0.05) is 59.1 Å². The van der Waals surface area contributed by atoms with Gasteiger partial charge in [-0.25, -0.2) is 0 Å². The van der Waals surface area contributed by atoms with Crippen LogP contribution in [0.15, 0.2) is 25.3 Å². The molecular formula is C18H36F6NP. The summed E-state index contributed by atoms with van der Waals surface area (Å²) in [5.74, 6) is 0. The van der Waals surface area contributed by atoms with Gasteiger partial charge < -0.3 is 4.48 Å². The molecule has 0 amide bonds. The number of nitrogens with zero attached hydrogens (tertiary/aromatic N) is 1. The van der Waals surface area contributed by atoms with Crippen LogP contribution in [0.3, 0.4) is 0 Å². The third kappa shape index (κ3) is 25.7. The van der Waals surface area contributed by atoms with E-state index < -0.39 is 7.81 Å². The molecule has 0 aliphatic rings. The molecule has 0 rings (SSSR count). The molecule has 0 spiro atoms. The molecule has 0 aromatic carbocycles. The Hall–Kier alpha value is -0.550. The van der Waals surface area contributed by atoms with Gasteiger partial charge in [0.05, 0.1) is 26.2 Å². The molecule has 0 saturated heterocycles. The van der Waals surface area contributed by atoms with Gasteiger partial charge in [0.25, 0.3) is 0 Å². The monoisotopic (exact) mass is 411 g/mol. The van der Waals surface area contributed by atoms with Crippen LogP contribution in [-0.2, 0) is 0 Å². The van der Waals surface area contributed by atoms with E-state index in [1.165, 1.54) is 68.9 Å². The van der Waals surface area contributed by atoms with Crippen LogP contribution in [0.4, 0.5) is 25.2 Å². The van der Waals surface area contributed by atoms with E-state index in [2.05, 4.69) is 39.2 Å². The van der Waals surface area contributed by atoms with Gasteiger partial charge in [0.2, 0.25) is 0 Å². The van der Waals surface area contributed by atoms with Crippen molar-refractivity contribution in [2.24, 2.45) is 0 Å². The van der Waals surface area contributed by atoms with Crippen molar-refractivity contribution in [2.75, 3.05) is 26.2 Å². The van der Waals surface area contributed by atoms with Crippen LogP contribution in [0.5, 0.6) is 0 Å². The molecule has 8 heteroatoms. The number of quaternary nitrogens is 1. The molecule has 160 valence electrons. The van der Waals surface area contributed by atoms with Crippen LogP contribution in [0.1, 0.15) is 65.2 Å². The fraction of sp³-hybridized carbons (Fsp3) is 0.778. The Morgan fingerprint density at radius 2 is 1.00 bits per heavy atom. The molecule has 26 heavy (non-hydrogen) atoms. The summed E-state index contributed by atoms with van der Waals surface area (Å²) in [5, 5.41) is 0. The molecular weight excluding hydrogens is 375 g/mol. The molecule has 0 aliphatic heterocycles. The van der Waals surface area contributed by atoms with Gasteiger partial charge in [0.1, 0.15) is 0 Å². The van der Waals surface area contributed by atoms with Gasteiger partial charge in [0, 0.05) is 0 Å². The van der Waals surface area contributed by atoms with Crippen LogP contribution in [0.2, 0.25) is 0 Å². The maximum atomic E-state index is 9.87. The summed E-state index contributed by atoms with van der Waals surface area (Å²) in [6.45, 7) is 17.2. The van der Waals surface area contributed by atoms with E-state index >= 15 is 0 Å². The fourth-order valence-electron chi connectivity index (χ4n) is 2.82. The van der Waals surface area contributed by atoms with Crippen LogP contribution < -0.4 is 0 Å². The van der Waals surface area contributed by atoms with Gasteiger partial charge in [-0.2, -0.15) is 0 Å². The Bertz CT molecular complexity index is 369. The zero-order valence-electron chi connectivity index (χ0n) is 16.2. The van der Waals surface area contributed by atoms with Crippen molar-refractivity contribution in [2.45, 2.75) is 65.2 Å². The van der Waals surface area contributed by atoms with Crippen molar-refractivity contribution < 1.29 is 29.7 Å². The van der Waals surface area contributed by atoms with E-state index in [0.29, 0.717) is 0 Å².